The number of ketones is 1. The van der Waals surface area contributed by atoms with E-state index in [1.165, 1.54) is 10.1 Å². The van der Waals surface area contributed by atoms with Gasteiger partial charge in [-0.1, -0.05) is 18.2 Å². The number of nitrogen functional groups attached to an aromatic ring is 1. The quantitative estimate of drug-likeness (QED) is 0.593. The molecule has 1 aromatic carbocycles. The predicted molar refractivity (Wildman–Crippen MR) is 86.6 cm³/mol. The Morgan fingerprint density at radius 2 is 1.90 bits per heavy atom. The summed E-state index contributed by atoms with van der Waals surface area (Å²) >= 11 is 1.59. The predicted octanol–water partition coefficient (Wildman–Crippen LogP) is 3.35. The minimum Gasteiger partial charge on any atom is -0.398 e. The van der Waals surface area contributed by atoms with E-state index in [2.05, 4.69) is 12.1 Å². The summed E-state index contributed by atoms with van der Waals surface area (Å²) in [5.74, 6) is 0.207. The van der Waals surface area contributed by atoms with Crippen molar-refractivity contribution in [2.75, 3.05) is 5.73 Å². The van der Waals surface area contributed by atoms with Crippen molar-refractivity contribution in [2.24, 2.45) is 0 Å². The first kappa shape index (κ1) is 13.8. The Morgan fingerprint density at radius 3 is 2.62 bits per heavy atom. The van der Waals surface area contributed by atoms with Gasteiger partial charge in [-0.05, 0) is 23.9 Å². The Labute approximate surface area is 127 Å². The van der Waals surface area contributed by atoms with Crippen LogP contribution in [-0.2, 0) is 6.54 Å². The summed E-state index contributed by atoms with van der Waals surface area (Å²) in [4.78, 5) is 13.3. The first-order valence-corrected chi connectivity index (χ1v) is 7.73. The van der Waals surface area contributed by atoms with E-state index in [0.717, 1.165) is 16.1 Å². The van der Waals surface area contributed by atoms with Gasteiger partial charge in [-0.2, -0.15) is 0 Å². The summed E-state index contributed by atoms with van der Waals surface area (Å²) in [7, 11) is 0. The van der Waals surface area contributed by atoms with Gasteiger partial charge in [-0.25, -0.2) is 4.57 Å². The van der Waals surface area contributed by atoms with E-state index >= 15 is 0 Å². The van der Waals surface area contributed by atoms with Gasteiger partial charge in [-0.3, -0.25) is 4.79 Å². The number of hydrogen-bond donors (Lipinski definition) is 1. The molecule has 0 spiro atoms. The Kier molecular flexibility index (Phi) is 3.71. The fourth-order valence-electron chi connectivity index (χ4n) is 2.40. The Bertz CT molecular complexity index is 790. The number of thiophene rings is 1. The van der Waals surface area contributed by atoms with Crippen LogP contribution in [0.1, 0.15) is 21.7 Å². The van der Waals surface area contributed by atoms with Gasteiger partial charge in [0.25, 0.3) is 0 Å². The molecule has 0 fully saturated rings. The van der Waals surface area contributed by atoms with Crippen LogP contribution in [0.4, 0.5) is 5.69 Å². The molecule has 4 heteroatoms. The van der Waals surface area contributed by atoms with E-state index in [-0.39, 0.29) is 5.78 Å². The monoisotopic (exact) mass is 297 g/mol. The number of aryl methyl sites for hydroxylation is 2. The third-order valence-corrected chi connectivity index (χ3v) is 4.92. The lowest BCUT2D eigenvalue weighted by Gasteiger charge is -1.98. The molecule has 3 aromatic rings. The third kappa shape index (κ3) is 2.81. The topological polar surface area (TPSA) is 47.0 Å². The second-order valence-electron chi connectivity index (χ2n) is 5.09. The van der Waals surface area contributed by atoms with E-state index in [1.807, 2.05) is 48.1 Å². The van der Waals surface area contributed by atoms with Crippen LogP contribution in [0.5, 0.6) is 0 Å². The number of benzene rings is 1. The van der Waals surface area contributed by atoms with Gasteiger partial charge in [0.15, 0.2) is 24.7 Å². The number of pyridine rings is 1. The molecule has 0 radical (unpaired) electrons. The number of hydrogen-bond acceptors (Lipinski definition) is 3. The fourth-order valence-corrected chi connectivity index (χ4v) is 3.58. The number of fused-ring (bicyclic) bond motifs is 1. The number of nitrogens with zero attached hydrogens (tertiary/aromatic N) is 1. The van der Waals surface area contributed by atoms with E-state index in [4.69, 9.17) is 5.73 Å². The smallest absolute Gasteiger partial charge is 0.179 e. The first-order valence-electron chi connectivity index (χ1n) is 6.91. The van der Waals surface area contributed by atoms with Crippen LogP contribution in [0.15, 0.2) is 48.8 Å². The molecule has 3 rings (SSSR count). The molecule has 0 aliphatic heterocycles. The standard InChI is InChI=1S/C17H16N2OS/c1-12-14-4-2-3-5-16(14)21-17(12)15(20)8-11-19-9-6-13(18)7-10-19/h2-7,9-10,18H,8,11H2,1H3/p+1. The average molecular weight is 297 g/mol. The van der Waals surface area contributed by atoms with Crippen LogP contribution in [0, 0.1) is 6.92 Å². The zero-order valence-electron chi connectivity index (χ0n) is 11.9. The second-order valence-corrected chi connectivity index (χ2v) is 6.15. The average Bonchev–Trinajstić information content (AvgIpc) is 2.84. The molecule has 0 bridgehead atoms. The maximum atomic E-state index is 12.4. The number of nitrogens with two attached hydrogens (primary N) is 1. The van der Waals surface area contributed by atoms with Gasteiger partial charge in [-0.15, -0.1) is 11.3 Å². The van der Waals surface area contributed by atoms with Crippen molar-refractivity contribution in [1.82, 2.24) is 0 Å². The van der Waals surface area contributed by atoms with Crippen molar-refractivity contribution in [1.29, 1.82) is 0 Å². The highest BCUT2D eigenvalue weighted by molar-refractivity contribution is 7.21. The second kappa shape index (κ2) is 5.66. The summed E-state index contributed by atoms with van der Waals surface area (Å²) in [6.07, 6.45) is 4.31. The normalized spacial score (nSPS) is 10.9. The summed E-state index contributed by atoms with van der Waals surface area (Å²) in [5.41, 5.74) is 7.49. The zero-order chi connectivity index (χ0) is 14.8. The molecule has 2 N–H and O–H groups in total. The largest absolute Gasteiger partial charge is 0.398 e. The van der Waals surface area contributed by atoms with E-state index in [0.29, 0.717) is 13.0 Å². The molecule has 0 saturated heterocycles. The molecule has 21 heavy (non-hydrogen) atoms. The molecule has 3 nitrogen and oxygen atoms in total. The van der Waals surface area contributed by atoms with Crippen LogP contribution in [0.25, 0.3) is 10.1 Å². The number of aromatic nitrogens is 1. The molecule has 0 aliphatic carbocycles. The third-order valence-electron chi connectivity index (χ3n) is 3.61. The summed E-state index contributed by atoms with van der Waals surface area (Å²) < 4.78 is 3.16. The number of rotatable bonds is 4. The highest BCUT2D eigenvalue weighted by Crippen LogP contribution is 2.31. The fraction of sp³-hybridized carbons (Fsp3) is 0.176. The SMILES string of the molecule is Cc1c(C(=O)CC[n+]2ccc(N)cc2)sc2ccccc12. The van der Waals surface area contributed by atoms with Crippen molar-refractivity contribution in [2.45, 2.75) is 19.9 Å². The molecule has 2 aromatic heterocycles. The summed E-state index contributed by atoms with van der Waals surface area (Å²) in [6.45, 7) is 2.70. The number of anilines is 1. The van der Waals surface area contributed by atoms with Crippen LogP contribution >= 0.6 is 11.3 Å². The lowest BCUT2D eigenvalue weighted by Crippen LogP contribution is -2.33. The van der Waals surface area contributed by atoms with Gasteiger partial charge in [0.05, 0.1) is 11.3 Å². The molecule has 0 atom stereocenters. The van der Waals surface area contributed by atoms with E-state index in [9.17, 15) is 4.79 Å². The molecule has 2 heterocycles. The van der Waals surface area contributed by atoms with E-state index in [1.54, 1.807) is 11.3 Å². The van der Waals surface area contributed by atoms with Gasteiger partial charge in [0, 0.05) is 22.5 Å². The number of Topliss-reactive ketones (excluding diaryl/α,β-unsaturated/α-hetero) is 1. The van der Waals surface area contributed by atoms with Crippen molar-refractivity contribution in [3.05, 3.63) is 59.2 Å². The van der Waals surface area contributed by atoms with E-state index < -0.39 is 0 Å². The molecule has 0 aliphatic rings. The maximum absolute atomic E-state index is 12.4. The van der Waals surface area contributed by atoms with Crippen molar-refractivity contribution < 1.29 is 9.36 Å². The van der Waals surface area contributed by atoms with Crippen molar-refractivity contribution >= 4 is 32.9 Å². The lowest BCUT2D eigenvalue weighted by molar-refractivity contribution is -0.695. The van der Waals surface area contributed by atoms with Crippen LogP contribution < -0.4 is 10.3 Å². The highest BCUT2D eigenvalue weighted by atomic mass is 32.1. The molecular weight excluding hydrogens is 280 g/mol. The number of carbonyl (C=O) groups is 1. The highest BCUT2D eigenvalue weighted by Gasteiger charge is 2.16. The Hall–Kier alpha value is -2.20. The Morgan fingerprint density at radius 1 is 1.19 bits per heavy atom. The van der Waals surface area contributed by atoms with Gasteiger partial charge < -0.3 is 5.73 Å². The minimum absolute atomic E-state index is 0.207. The summed E-state index contributed by atoms with van der Waals surface area (Å²) in [5, 5.41) is 1.19. The van der Waals surface area contributed by atoms with Crippen LogP contribution in [-0.4, -0.2) is 5.78 Å². The number of carbonyl (C=O) groups excluding carboxylic acids is 1. The van der Waals surface area contributed by atoms with Gasteiger partial charge in [0.2, 0.25) is 0 Å². The van der Waals surface area contributed by atoms with Crippen molar-refractivity contribution in [3.63, 3.8) is 0 Å². The van der Waals surface area contributed by atoms with Crippen LogP contribution in [0.2, 0.25) is 0 Å². The zero-order valence-corrected chi connectivity index (χ0v) is 12.7. The first-order chi connectivity index (χ1) is 10.1. The Balaban J connectivity index is 1.78. The minimum atomic E-state index is 0.207. The van der Waals surface area contributed by atoms with Crippen LogP contribution in [0.3, 0.4) is 0 Å². The molecular formula is C17H17N2OS+. The lowest BCUT2D eigenvalue weighted by atomic mass is 10.1. The van der Waals surface area contributed by atoms with Gasteiger partial charge in [0.1, 0.15) is 0 Å². The van der Waals surface area contributed by atoms with Gasteiger partial charge >= 0.3 is 0 Å². The van der Waals surface area contributed by atoms with Crippen molar-refractivity contribution in [3.8, 4) is 0 Å². The maximum Gasteiger partial charge on any atom is 0.179 e. The summed E-state index contributed by atoms with van der Waals surface area (Å²) in [6, 6.07) is 11.9. The molecule has 0 amide bonds. The molecule has 106 valence electrons. The molecule has 0 saturated carbocycles. The molecule has 0 unspecified atom stereocenters.